The number of H-pyrrole nitrogens is 1. The van der Waals surface area contributed by atoms with Crippen molar-refractivity contribution in [3.63, 3.8) is 0 Å². The van der Waals surface area contributed by atoms with Crippen molar-refractivity contribution in [2.75, 3.05) is 5.32 Å². The Morgan fingerprint density at radius 1 is 1.19 bits per heavy atom. The van der Waals surface area contributed by atoms with Gasteiger partial charge in [0.15, 0.2) is 5.88 Å². The first-order valence-corrected chi connectivity index (χ1v) is 9.28. The molecule has 0 saturated carbocycles. The number of nitrogens with one attached hydrogen (secondary N) is 2. The molecule has 3 N–H and O–H groups in total. The Kier molecular flexibility index (Phi) is 4.48. The molecule has 27 heavy (non-hydrogen) atoms. The lowest BCUT2D eigenvalue weighted by Gasteiger charge is -2.01. The summed E-state index contributed by atoms with van der Waals surface area (Å²) in [4.78, 5) is 19.7. The van der Waals surface area contributed by atoms with Crippen molar-refractivity contribution in [3.8, 4) is 16.3 Å². The van der Waals surface area contributed by atoms with E-state index < -0.39 is 0 Å². The van der Waals surface area contributed by atoms with E-state index in [1.807, 2.05) is 41.8 Å². The number of aromatic nitrogens is 1. The molecule has 2 aromatic carbocycles. The van der Waals surface area contributed by atoms with E-state index in [-0.39, 0.29) is 11.8 Å². The first-order valence-electron chi connectivity index (χ1n) is 8.40. The van der Waals surface area contributed by atoms with Crippen LogP contribution in [0.1, 0.15) is 12.5 Å². The first kappa shape index (κ1) is 17.1. The summed E-state index contributed by atoms with van der Waals surface area (Å²) in [7, 11) is 0. The molecule has 2 heterocycles. The summed E-state index contributed by atoms with van der Waals surface area (Å²) in [5, 5.41) is 16.0. The summed E-state index contributed by atoms with van der Waals surface area (Å²) < 4.78 is 0. The number of carbonyl (C=O) groups is 1. The Labute approximate surface area is 160 Å². The van der Waals surface area contributed by atoms with Crippen LogP contribution in [-0.4, -0.2) is 22.2 Å². The van der Waals surface area contributed by atoms with Crippen LogP contribution in [0.25, 0.3) is 21.3 Å². The Hall–Kier alpha value is -3.38. The van der Waals surface area contributed by atoms with Crippen molar-refractivity contribution in [3.05, 3.63) is 65.5 Å². The van der Waals surface area contributed by atoms with Gasteiger partial charge in [-0.05, 0) is 47.3 Å². The maximum atomic E-state index is 11.1. The van der Waals surface area contributed by atoms with Crippen LogP contribution in [-0.2, 0) is 4.79 Å². The Morgan fingerprint density at radius 2 is 2.00 bits per heavy atom. The van der Waals surface area contributed by atoms with E-state index in [0.717, 1.165) is 27.8 Å². The zero-order chi connectivity index (χ0) is 18.8. The van der Waals surface area contributed by atoms with Crippen LogP contribution >= 0.6 is 11.3 Å². The van der Waals surface area contributed by atoms with Crippen LogP contribution in [0.4, 0.5) is 11.4 Å². The number of aliphatic imine (C=N–C) groups is 1. The summed E-state index contributed by atoms with van der Waals surface area (Å²) in [6.45, 7) is 1.47. The van der Waals surface area contributed by atoms with Crippen LogP contribution < -0.4 is 5.32 Å². The van der Waals surface area contributed by atoms with Gasteiger partial charge in [-0.15, -0.1) is 11.3 Å². The van der Waals surface area contributed by atoms with Gasteiger partial charge in [0, 0.05) is 34.6 Å². The highest BCUT2D eigenvalue weighted by atomic mass is 32.1. The van der Waals surface area contributed by atoms with Crippen molar-refractivity contribution in [2.45, 2.75) is 6.92 Å². The third kappa shape index (κ3) is 3.61. The molecule has 0 bridgehead atoms. The summed E-state index contributed by atoms with van der Waals surface area (Å²) in [5.74, 6) is -0.0242. The number of carbonyl (C=O) groups excluding carboxylic acids is 1. The molecule has 0 atom stereocenters. The molecule has 0 spiro atoms. The summed E-state index contributed by atoms with van der Waals surface area (Å²) in [5.41, 5.74) is 4.07. The maximum Gasteiger partial charge on any atom is 0.221 e. The van der Waals surface area contributed by atoms with Crippen LogP contribution in [0.2, 0.25) is 0 Å². The quantitative estimate of drug-likeness (QED) is 0.423. The van der Waals surface area contributed by atoms with Crippen LogP contribution in [0, 0.1) is 0 Å². The summed E-state index contributed by atoms with van der Waals surface area (Å²) in [6.07, 6.45) is 1.65. The fraction of sp³-hybridized carbons (Fsp3) is 0.0476. The summed E-state index contributed by atoms with van der Waals surface area (Å²) in [6, 6.07) is 17.3. The molecule has 0 aliphatic heterocycles. The van der Waals surface area contributed by atoms with Gasteiger partial charge >= 0.3 is 0 Å². The normalized spacial score (nSPS) is 11.3. The molecule has 4 rings (SSSR count). The molecule has 6 heteroatoms. The fourth-order valence-corrected chi connectivity index (χ4v) is 3.63. The number of rotatable bonds is 4. The van der Waals surface area contributed by atoms with Gasteiger partial charge in [-0.1, -0.05) is 18.2 Å². The average molecular weight is 375 g/mol. The monoisotopic (exact) mass is 375 g/mol. The predicted molar refractivity (Wildman–Crippen MR) is 111 cm³/mol. The lowest BCUT2D eigenvalue weighted by molar-refractivity contribution is -0.114. The molecular weight excluding hydrogens is 358 g/mol. The zero-order valence-electron chi connectivity index (χ0n) is 14.6. The minimum absolute atomic E-state index is 0.0898. The number of fused-ring (bicyclic) bond motifs is 1. The fourth-order valence-electron chi connectivity index (χ4n) is 2.90. The molecule has 134 valence electrons. The summed E-state index contributed by atoms with van der Waals surface area (Å²) >= 11 is 1.68. The number of amides is 1. The number of nitrogens with zero attached hydrogens (tertiary/aromatic N) is 1. The molecule has 0 aliphatic rings. The minimum atomic E-state index is -0.114. The Morgan fingerprint density at radius 3 is 2.70 bits per heavy atom. The Bertz CT molecular complexity index is 1130. The SMILES string of the molecule is CC(=O)Nc1ccc(N=Cc2c(O)[nH]c3cc(-c4cccs4)ccc23)cc1. The molecule has 0 fully saturated rings. The van der Waals surface area contributed by atoms with Crippen molar-refractivity contribution in [1.82, 2.24) is 4.98 Å². The number of anilines is 1. The number of hydrogen-bond donors (Lipinski definition) is 3. The van der Waals surface area contributed by atoms with Gasteiger partial charge < -0.3 is 15.4 Å². The van der Waals surface area contributed by atoms with Gasteiger partial charge in [-0.3, -0.25) is 9.79 Å². The molecular formula is C21H17N3O2S. The molecule has 2 aromatic heterocycles. The van der Waals surface area contributed by atoms with Crippen molar-refractivity contribution < 1.29 is 9.90 Å². The van der Waals surface area contributed by atoms with Gasteiger partial charge in [0.1, 0.15) is 0 Å². The predicted octanol–water partition coefficient (Wildman–Crippen LogP) is 5.31. The minimum Gasteiger partial charge on any atom is -0.494 e. The van der Waals surface area contributed by atoms with E-state index in [2.05, 4.69) is 21.4 Å². The molecule has 5 nitrogen and oxygen atoms in total. The number of aromatic hydroxyl groups is 1. The lowest BCUT2D eigenvalue weighted by atomic mass is 10.1. The number of hydrogen-bond acceptors (Lipinski definition) is 4. The standard InChI is InChI=1S/C21H17N3O2S/c1-13(25)23-16-7-5-15(6-8-16)22-12-18-17-9-4-14(20-3-2-10-27-20)11-19(17)24-21(18)26/h2-12,24,26H,1H3,(H,23,25). The van der Waals surface area contributed by atoms with Crippen LogP contribution in [0.5, 0.6) is 5.88 Å². The molecule has 0 unspecified atom stereocenters. The van der Waals surface area contributed by atoms with Gasteiger partial charge in [-0.2, -0.15) is 0 Å². The van der Waals surface area contributed by atoms with Gasteiger partial charge in [0.2, 0.25) is 5.91 Å². The average Bonchev–Trinajstić information content (AvgIpc) is 3.28. The zero-order valence-corrected chi connectivity index (χ0v) is 15.4. The van der Waals surface area contributed by atoms with E-state index in [9.17, 15) is 9.90 Å². The van der Waals surface area contributed by atoms with Gasteiger partial charge in [0.25, 0.3) is 0 Å². The number of aromatic amines is 1. The topological polar surface area (TPSA) is 77.5 Å². The highest BCUT2D eigenvalue weighted by molar-refractivity contribution is 7.13. The highest BCUT2D eigenvalue weighted by Gasteiger charge is 2.10. The molecule has 0 radical (unpaired) electrons. The first-order chi connectivity index (χ1) is 13.1. The van der Waals surface area contributed by atoms with Gasteiger partial charge in [0.05, 0.1) is 11.3 Å². The third-order valence-electron chi connectivity index (χ3n) is 4.15. The Balaban J connectivity index is 1.62. The van der Waals surface area contributed by atoms with Crippen LogP contribution in [0.15, 0.2) is 65.0 Å². The second kappa shape index (κ2) is 7.09. The van der Waals surface area contributed by atoms with Crippen molar-refractivity contribution in [1.29, 1.82) is 0 Å². The van der Waals surface area contributed by atoms with Crippen LogP contribution in [0.3, 0.4) is 0 Å². The van der Waals surface area contributed by atoms with Gasteiger partial charge in [-0.25, -0.2) is 0 Å². The van der Waals surface area contributed by atoms with E-state index in [4.69, 9.17) is 0 Å². The smallest absolute Gasteiger partial charge is 0.221 e. The van der Waals surface area contributed by atoms with E-state index >= 15 is 0 Å². The highest BCUT2D eigenvalue weighted by Crippen LogP contribution is 2.32. The second-order valence-corrected chi connectivity index (χ2v) is 7.06. The molecule has 4 aromatic rings. The van der Waals surface area contributed by atoms with Crippen molar-refractivity contribution in [2.24, 2.45) is 4.99 Å². The maximum absolute atomic E-state index is 11.1. The molecule has 0 saturated heterocycles. The number of benzene rings is 2. The van der Waals surface area contributed by atoms with Crippen molar-refractivity contribution >= 4 is 45.7 Å². The largest absolute Gasteiger partial charge is 0.494 e. The number of thiophene rings is 1. The molecule has 1 amide bonds. The second-order valence-electron chi connectivity index (χ2n) is 6.11. The van der Waals surface area contributed by atoms with E-state index in [0.29, 0.717) is 5.56 Å². The van der Waals surface area contributed by atoms with E-state index in [1.54, 1.807) is 29.7 Å². The van der Waals surface area contributed by atoms with E-state index in [1.165, 1.54) is 11.8 Å². The molecule has 0 aliphatic carbocycles. The lowest BCUT2D eigenvalue weighted by Crippen LogP contribution is -2.04. The third-order valence-corrected chi connectivity index (χ3v) is 5.07.